The van der Waals surface area contributed by atoms with Crippen LogP contribution in [0.1, 0.15) is 10.4 Å². The van der Waals surface area contributed by atoms with Crippen LogP contribution in [0, 0.1) is 0 Å². The van der Waals surface area contributed by atoms with Crippen LogP contribution in [-0.2, 0) is 10.0 Å². The van der Waals surface area contributed by atoms with Gasteiger partial charge in [-0.15, -0.1) is 0 Å². The second-order valence-corrected chi connectivity index (χ2v) is 6.36. The maximum Gasteiger partial charge on any atom is 0.461 e. The number of benzene rings is 1. The minimum absolute atomic E-state index is 0.334. The third kappa shape index (κ3) is 3.21. The molecule has 10 heteroatoms. The summed E-state index contributed by atoms with van der Waals surface area (Å²) in [5, 5.41) is 0. The molecule has 0 radical (unpaired) electrons. The van der Waals surface area contributed by atoms with Crippen LogP contribution in [0.25, 0.3) is 0 Å². The Morgan fingerprint density at radius 1 is 1.00 bits per heavy atom. The van der Waals surface area contributed by atoms with Crippen molar-refractivity contribution in [2.24, 2.45) is 0 Å². The Balaban J connectivity index is 3.18. The minimum Gasteiger partial charge on any atom is -0.287 e. The van der Waals surface area contributed by atoms with E-state index in [-0.39, 0.29) is 4.90 Å². The fraction of sp³-hybridized carbons (Fsp3) is 0.364. The standard InChI is InChI=1S/C11H10F5NO3S/c1-17(2)21(19,20)8-5-3-7(4-6-8)9(18)10(12,13)11(14,15)16/h3-6H,1-2H3. The van der Waals surface area contributed by atoms with Crippen molar-refractivity contribution in [2.75, 3.05) is 14.1 Å². The molecule has 4 nitrogen and oxygen atoms in total. The van der Waals surface area contributed by atoms with Gasteiger partial charge in [-0.05, 0) is 24.3 Å². The normalized spacial score (nSPS) is 13.5. The van der Waals surface area contributed by atoms with Crippen molar-refractivity contribution in [3.8, 4) is 0 Å². The number of nitrogens with zero attached hydrogens (tertiary/aromatic N) is 1. The van der Waals surface area contributed by atoms with E-state index in [1.807, 2.05) is 0 Å². The average Bonchev–Trinajstić information content (AvgIpc) is 2.36. The quantitative estimate of drug-likeness (QED) is 0.628. The van der Waals surface area contributed by atoms with Gasteiger partial charge in [-0.1, -0.05) is 0 Å². The molecule has 0 amide bonds. The number of alkyl halides is 5. The summed E-state index contributed by atoms with van der Waals surface area (Å²) in [7, 11) is -1.44. The van der Waals surface area contributed by atoms with Crippen molar-refractivity contribution in [2.45, 2.75) is 17.0 Å². The topological polar surface area (TPSA) is 54.5 Å². The third-order valence-corrected chi connectivity index (χ3v) is 4.37. The van der Waals surface area contributed by atoms with Gasteiger partial charge >= 0.3 is 12.1 Å². The van der Waals surface area contributed by atoms with Crippen molar-refractivity contribution in [3.05, 3.63) is 29.8 Å². The molecule has 0 N–H and O–H groups in total. The number of hydrogen-bond acceptors (Lipinski definition) is 3. The second kappa shape index (κ2) is 5.34. The van der Waals surface area contributed by atoms with Crippen LogP contribution >= 0.6 is 0 Å². The smallest absolute Gasteiger partial charge is 0.287 e. The number of Topliss-reactive ketones (excluding diaryl/α,β-unsaturated/α-hetero) is 1. The molecule has 0 aliphatic heterocycles. The summed E-state index contributed by atoms with van der Waals surface area (Å²) >= 11 is 0. The van der Waals surface area contributed by atoms with Crippen molar-refractivity contribution >= 4 is 15.8 Å². The van der Waals surface area contributed by atoms with E-state index < -0.39 is 33.5 Å². The predicted octanol–water partition coefficient (Wildman–Crippen LogP) is 2.32. The molecule has 21 heavy (non-hydrogen) atoms. The Morgan fingerprint density at radius 3 is 1.76 bits per heavy atom. The lowest BCUT2D eigenvalue weighted by Crippen LogP contribution is -2.44. The Hall–Kier alpha value is -1.55. The maximum atomic E-state index is 12.9. The molecule has 0 aromatic heterocycles. The molecule has 1 aromatic carbocycles. The molecular weight excluding hydrogens is 321 g/mol. The Bertz CT molecular complexity index is 635. The first-order valence-electron chi connectivity index (χ1n) is 5.33. The largest absolute Gasteiger partial charge is 0.461 e. The van der Waals surface area contributed by atoms with Crippen LogP contribution in [0.5, 0.6) is 0 Å². The van der Waals surface area contributed by atoms with E-state index in [1.54, 1.807) is 0 Å². The van der Waals surface area contributed by atoms with Gasteiger partial charge in [0.05, 0.1) is 4.90 Å². The van der Waals surface area contributed by atoms with Crippen molar-refractivity contribution in [3.63, 3.8) is 0 Å². The van der Waals surface area contributed by atoms with Gasteiger partial charge in [-0.2, -0.15) is 22.0 Å². The van der Waals surface area contributed by atoms with Crippen LogP contribution in [0.2, 0.25) is 0 Å². The fourth-order valence-electron chi connectivity index (χ4n) is 1.30. The van der Waals surface area contributed by atoms with Gasteiger partial charge in [0.25, 0.3) is 0 Å². The van der Waals surface area contributed by atoms with Crippen molar-refractivity contribution < 1.29 is 35.2 Å². The SMILES string of the molecule is CN(C)S(=O)(=O)c1ccc(C(=O)C(F)(F)C(F)(F)F)cc1. The van der Waals surface area contributed by atoms with E-state index in [1.165, 1.54) is 14.1 Å². The Morgan fingerprint density at radius 2 is 1.43 bits per heavy atom. The van der Waals surface area contributed by atoms with Gasteiger partial charge in [-0.3, -0.25) is 4.79 Å². The molecule has 0 unspecified atom stereocenters. The highest BCUT2D eigenvalue weighted by atomic mass is 32.2. The number of halogens is 5. The summed E-state index contributed by atoms with van der Waals surface area (Å²) in [5.41, 5.74) is -0.935. The summed E-state index contributed by atoms with van der Waals surface area (Å²) in [6.45, 7) is 0. The number of hydrogen-bond donors (Lipinski definition) is 0. The molecule has 1 aromatic rings. The lowest BCUT2D eigenvalue weighted by molar-refractivity contribution is -0.255. The molecular formula is C11H10F5NO3S. The number of rotatable bonds is 4. The van der Waals surface area contributed by atoms with E-state index in [0.717, 1.165) is 16.4 Å². The zero-order valence-corrected chi connectivity index (χ0v) is 11.6. The second-order valence-electron chi connectivity index (χ2n) is 4.21. The number of sulfonamides is 1. The molecule has 0 saturated carbocycles. The summed E-state index contributed by atoms with van der Waals surface area (Å²) in [6, 6.07) is 2.79. The maximum absolute atomic E-state index is 12.9. The molecule has 0 heterocycles. The van der Waals surface area contributed by atoms with Crippen LogP contribution in [-0.4, -0.2) is 44.7 Å². The van der Waals surface area contributed by atoms with Crippen molar-refractivity contribution in [1.82, 2.24) is 4.31 Å². The molecule has 0 atom stereocenters. The first kappa shape index (κ1) is 17.5. The molecule has 118 valence electrons. The molecule has 0 aliphatic carbocycles. The first-order valence-corrected chi connectivity index (χ1v) is 6.77. The highest BCUT2D eigenvalue weighted by Crippen LogP contribution is 2.38. The zero-order chi connectivity index (χ0) is 16.6. The summed E-state index contributed by atoms with van der Waals surface area (Å²) < 4.78 is 86.1. The van der Waals surface area contributed by atoms with Gasteiger partial charge < -0.3 is 0 Å². The lowest BCUT2D eigenvalue weighted by Gasteiger charge is -2.18. The average molecular weight is 331 g/mol. The van der Waals surface area contributed by atoms with Gasteiger partial charge in [-0.25, -0.2) is 12.7 Å². The molecule has 1 rings (SSSR count). The van der Waals surface area contributed by atoms with E-state index in [4.69, 9.17) is 0 Å². The highest BCUT2D eigenvalue weighted by Gasteiger charge is 2.63. The number of ketones is 1. The minimum atomic E-state index is -6.02. The van der Waals surface area contributed by atoms with Gasteiger partial charge in [0.1, 0.15) is 0 Å². The number of carbonyl (C=O) groups excluding carboxylic acids is 1. The first-order chi connectivity index (χ1) is 9.31. The zero-order valence-electron chi connectivity index (χ0n) is 10.8. The monoisotopic (exact) mass is 331 g/mol. The molecule has 0 aliphatic rings. The van der Waals surface area contributed by atoms with Gasteiger partial charge in [0.15, 0.2) is 0 Å². The van der Waals surface area contributed by atoms with Gasteiger partial charge in [0, 0.05) is 19.7 Å². The molecule has 0 fully saturated rings. The van der Waals surface area contributed by atoms with E-state index >= 15 is 0 Å². The predicted molar refractivity (Wildman–Crippen MR) is 62.6 cm³/mol. The Kier molecular flexibility index (Phi) is 4.45. The molecule has 0 bridgehead atoms. The lowest BCUT2D eigenvalue weighted by atomic mass is 10.1. The molecule has 0 spiro atoms. The van der Waals surface area contributed by atoms with Crippen LogP contribution in [0.4, 0.5) is 22.0 Å². The Labute approximate surface area is 117 Å². The van der Waals surface area contributed by atoms with E-state index in [2.05, 4.69) is 0 Å². The van der Waals surface area contributed by atoms with E-state index in [9.17, 15) is 35.2 Å². The van der Waals surface area contributed by atoms with Crippen LogP contribution < -0.4 is 0 Å². The van der Waals surface area contributed by atoms with Crippen LogP contribution in [0.15, 0.2) is 29.2 Å². The highest BCUT2D eigenvalue weighted by molar-refractivity contribution is 7.89. The van der Waals surface area contributed by atoms with Gasteiger partial charge in [0.2, 0.25) is 15.8 Å². The van der Waals surface area contributed by atoms with Crippen molar-refractivity contribution in [1.29, 1.82) is 0 Å². The van der Waals surface area contributed by atoms with Crippen LogP contribution in [0.3, 0.4) is 0 Å². The summed E-state index contributed by atoms with van der Waals surface area (Å²) in [6.07, 6.45) is -6.02. The third-order valence-electron chi connectivity index (χ3n) is 2.54. The van der Waals surface area contributed by atoms with E-state index in [0.29, 0.717) is 12.1 Å². The molecule has 0 saturated heterocycles. The fourth-order valence-corrected chi connectivity index (χ4v) is 2.20. The summed E-state index contributed by atoms with van der Waals surface area (Å²) in [4.78, 5) is 10.8. The summed E-state index contributed by atoms with van der Waals surface area (Å²) in [5.74, 6) is -7.97. The number of carbonyl (C=O) groups is 1.